The zero-order chi connectivity index (χ0) is 13.4. The Labute approximate surface area is 106 Å². The smallest absolute Gasteiger partial charge is 0.0900 e. The molecule has 0 aliphatic carbocycles. The highest BCUT2D eigenvalue weighted by Crippen LogP contribution is 2.27. The molecule has 3 nitrogen and oxygen atoms in total. The molecule has 0 aliphatic heterocycles. The Bertz CT molecular complexity index is 182. The number of unbranched alkanes of at least 4 members (excludes halogenated alkanes) is 6. The van der Waals surface area contributed by atoms with Crippen LogP contribution >= 0.6 is 0 Å². The Morgan fingerprint density at radius 2 is 1.12 bits per heavy atom. The van der Waals surface area contributed by atoms with Gasteiger partial charge >= 0.3 is 0 Å². The second-order valence-corrected chi connectivity index (χ2v) is 5.78. The fourth-order valence-corrected chi connectivity index (χ4v) is 1.77. The number of rotatable bonds is 10. The highest BCUT2D eigenvalue weighted by Gasteiger charge is 2.36. The standard InChI is InChI=1S/C14H30O3/c1-13(2,16)14(3,17)11-9-7-5-4-6-8-10-12-15/h15-17H,4-12H2,1-3H3. The lowest BCUT2D eigenvalue weighted by Gasteiger charge is -2.35. The average molecular weight is 246 g/mol. The molecule has 0 spiro atoms. The van der Waals surface area contributed by atoms with Gasteiger partial charge in [0.25, 0.3) is 0 Å². The van der Waals surface area contributed by atoms with Gasteiger partial charge in [0.2, 0.25) is 0 Å². The molecule has 0 aromatic rings. The van der Waals surface area contributed by atoms with Crippen molar-refractivity contribution in [2.75, 3.05) is 6.61 Å². The van der Waals surface area contributed by atoms with E-state index in [1.54, 1.807) is 20.8 Å². The number of aliphatic hydroxyl groups excluding tert-OH is 1. The van der Waals surface area contributed by atoms with Crippen molar-refractivity contribution in [2.24, 2.45) is 0 Å². The van der Waals surface area contributed by atoms with Crippen molar-refractivity contribution in [3.63, 3.8) is 0 Å². The molecule has 1 atom stereocenters. The molecular formula is C14H30O3. The van der Waals surface area contributed by atoms with Gasteiger partial charge in [0.15, 0.2) is 0 Å². The first-order valence-electron chi connectivity index (χ1n) is 6.87. The van der Waals surface area contributed by atoms with Gasteiger partial charge in [0.1, 0.15) is 0 Å². The second-order valence-electron chi connectivity index (χ2n) is 5.78. The van der Waals surface area contributed by atoms with Crippen LogP contribution in [0.3, 0.4) is 0 Å². The minimum absolute atomic E-state index is 0.300. The van der Waals surface area contributed by atoms with E-state index in [-0.39, 0.29) is 0 Å². The van der Waals surface area contributed by atoms with E-state index in [2.05, 4.69) is 0 Å². The summed E-state index contributed by atoms with van der Waals surface area (Å²) in [6.45, 7) is 5.31. The zero-order valence-electron chi connectivity index (χ0n) is 11.7. The molecule has 0 saturated heterocycles. The lowest BCUT2D eigenvalue weighted by molar-refractivity contribution is -0.124. The fourth-order valence-electron chi connectivity index (χ4n) is 1.77. The van der Waals surface area contributed by atoms with Crippen LogP contribution in [-0.2, 0) is 0 Å². The highest BCUT2D eigenvalue weighted by molar-refractivity contribution is 4.89. The Morgan fingerprint density at radius 3 is 1.53 bits per heavy atom. The second kappa shape index (κ2) is 8.06. The summed E-state index contributed by atoms with van der Waals surface area (Å²) in [7, 11) is 0. The maximum Gasteiger partial charge on any atom is 0.0900 e. The summed E-state index contributed by atoms with van der Waals surface area (Å²) in [5.74, 6) is 0. The number of aliphatic hydroxyl groups is 3. The lowest BCUT2D eigenvalue weighted by atomic mass is 9.83. The van der Waals surface area contributed by atoms with Gasteiger partial charge < -0.3 is 15.3 Å². The van der Waals surface area contributed by atoms with Crippen molar-refractivity contribution in [3.05, 3.63) is 0 Å². The van der Waals surface area contributed by atoms with Crippen LogP contribution in [-0.4, -0.2) is 33.1 Å². The van der Waals surface area contributed by atoms with E-state index in [1.807, 2.05) is 0 Å². The van der Waals surface area contributed by atoms with E-state index >= 15 is 0 Å². The molecule has 0 radical (unpaired) electrons. The van der Waals surface area contributed by atoms with Gasteiger partial charge in [-0.2, -0.15) is 0 Å². The zero-order valence-corrected chi connectivity index (χ0v) is 11.7. The summed E-state index contributed by atoms with van der Waals surface area (Å²) in [6.07, 6.45) is 8.28. The van der Waals surface area contributed by atoms with Crippen LogP contribution in [0.1, 0.15) is 72.1 Å². The molecule has 0 saturated carbocycles. The first kappa shape index (κ1) is 16.9. The molecule has 3 heteroatoms. The highest BCUT2D eigenvalue weighted by atomic mass is 16.3. The van der Waals surface area contributed by atoms with Crippen LogP contribution in [0.15, 0.2) is 0 Å². The van der Waals surface area contributed by atoms with E-state index in [0.29, 0.717) is 13.0 Å². The quantitative estimate of drug-likeness (QED) is 0.519. The van der Waals surface area contributed by atoms with E-state index in [0.717, 1.165) is 25.7 Å². The topological polar surface area (TPSA) is 60.7 Å². The Hall–Kier alpha value is -0.120. The molecule has 0 aliphatic rings. The third-order valence-corrected chi connectivity index (χ3v) is 3.64. The predicted octanol–water partition coefficient (Wildman–Crippen LogP) is 2.62. The summed E-state index contributed by atoms with van der Waals surface area (Å²) >= 11 is 0. The van der Waals surface area contributed by atoms with Gasteiger partial charge in [0, 0.05) is 6.61 Å². The molecule has 0 aromatic carbocycles. The van der Waals surface area contributed by atoms with Gasteiger partial charge in [-0.15, -0.1) is 0 Å². The first-order valence-corrected chi connectivity index (χ1v) is 6.87. The summed E-state index contributed by atoms with van der Waals surface area (Å²) in [5.41, 5.74) is -2.03. The SMILES string of the molecule is CC(C)(O)C(C)(O)CCCCCCCCCO. The molecule has 3 N–H and O–H groups in total. The molecule has 0 fully saturated rings. The van der Waals surface area contributed by atoms with Crippen molar-refractivity contribution in [1.29, 1.82) is 0 Å². The molecule has 0 rings (SSSR count). The Balaban J connectivity index is 3.46. The molecule has 0 aromatic heterocycles. The molecule has 104 valence electrons. The van der Waals surface area contributed by atoms with Crippen molar-refractivity contribution in [2.45, 2.75) is 83.3 Å². The van der Waals surface area contributed by atoms with E-state index in [1.165, 1.54) is 19.3 Å². The van der Waals surface area contributed by atoms with Gasteiger partial charge in [-0.3, -0.25) is 0 Å². The largest absolute Gasteiger partial charge is 0.396 e. The molecule has 0 heterocycles. The maximum absolute atomic E-state index is 10.0. The van der Waals surface area contributed by atoms with E-state index in [9.17, 15) is 10.2 Å². The van der Waals surface area contributed by atoms with Crippen LogP contribution in [0, 0.1) is 0 Å². The summed E-state index contributed by atoms with van der Waals surface area (Å²) in [6, 6.07) is 0. The lowest BCUT2D eigenvalue weighted by Crippen LogP contribution is -2.47. The minimum atomic E-state index is -1.03. The fraction of sp³-hybridized carbons (Fsp3) is 1.00. The van der Waals surface area contributed by atoms with Gasteiger partial charge in [-0.25, -0.2) is 0 Å². The number of hydrogen-bond donors (Lipinski definition) is 3. The average Bonchev–Trinajstić information content (AvgIpc) is 2.20. The van der Waals surface area contributed by atoms with Gasteiger partial charge in [-0.05, 0) is 33.6 Å². The minimum Gasteiger partial charge on any atom is -0.396 e. The monoisotopic (exact) mass is 246 g/mol. The third kappa shape index (κ3) is 7.74. The van der Waals surface area contributed by atoms with Crippen LogP contribution in [0.4, 0.5) is 0 Å². The number of hydrogen-bond acceptors (Lipinski definition) is 3. The summed E-state index contributed by atoms with van der Waals surface area (Å²) in [4.78, 5) is 0. The van der Waals surface area contributed by atoms with Crippen molar-refractivity contribution >= 4 is 0 Å². The summed E-state index contributed by atoms with van der Waals surface area (Å²) < 4.78 is 0. The van der Waals surface area contributed by atoms with Crippen molar-refractivity contribution < 1.29 is 15.3 Å². The molecular weight excluding hydrogens is 216 g/mol. The molecule has 1 unspecified atom stereocenters. The van der Waals surface area contributed by atoms with Gasteiger partial charge in [-0.1, -0.05) is 38.5 Å². The van der Waals surface area contributed by atoms with Gasteiger partial charge in [0.05, 0.1) is 11.2 Å². The third-order valence-electron chi connectivity index (χ3n) is 3.64. The van der Waals surface area contributed by atoms with Crippen LogP contribution < -0.4 is 0 Å². The predicted molar refractivity (Wildman–Crippen MR) is 70.9 cm³/mol. The van der Waals surface area contributed by atoms with E-state index in [4.69, 9.17) is 5.11 Å². The first-order chi connectivity index (χ1) is 7.81. The summed E-state index contributed by atoms with van der Waals surface area (Å²) in [5, 5.41) is 28.4. The van der Waals surface area contributed by atoms with Crippen LogP contribution in [0.2, 0.25) is 0 Å². The molecule has 17 heavy (non-hydrogen) atoms. The van der Waals surface area contributed by atoms with Crippen LogP contribution in [0.25, 0.3) is 0 Å². The molecule has 0 bridgehead atoms. The Kier molecular flexibility index (Phi) is 8.01. The maximum atomic E-state index is 10.0. The van der Waals surface area contributed by atoms with Crippen LogP contribution in [0.5, 0.6) is 0 Å². The normalized spacial score (nSPS) is 15.9. The van der Waals surface area contributed by atoms with Crippen molar-refractivity contribution in [3.8, 4) is 0 Å². The molecule has 0 amide bonds. The van der Waals surface area contributed by atoms with Crippen molar-refractivity contribution in [1.82, 2.24) is 0 Å². The Morgan fingerprint density at radius 1 is 0.706 bits per heavy atom. The van der Waals surface area contributed by atoms with E-state index < -0.39 is 11.2 Å².